The van der Waals surface area contributed by atoms with Crippen LogP contribution in [0.4, 0.5) is 0 Å². The number of nitrogens with zero attached hydrogens (tertiary/aromatic N) is 3. The van der Waals surface area contributed by atoms with E-state index in [4.69, 9.17) is 5.73 Å². The van der Waals surface area contributed by atoms with Crippen LogP contribution in [-0.2, 0) is 12.8 Å². The Labute approximate surface area is 85.0 Å². The Morgan fingerprint density at radius 2 is 2.21 bits per heavy atom. The Hall–Kier alpha value is -1.03. The fraction of sp³-hybridized carbons (Fsp3) is 0.700. The van der Waals surface area contributed by atoms with E-state index in [-0.39, 0.29) is 0 Å². The van der Waals surface area contributed by atoms with Gasteiger partial charge in [-0.3, -0.25) is 0 Å². The maximum atomic E-state index is 5.42. The van der Waals surface area contributed by atoms with Crippen molar-refractivity contribution in [2.75, 3.05) is 6.54 Å². The van der Waals surface area contributed by atoms with Crippen LogP contribution >= 0.6 is 0 Å². The number of nitrogens with two attached hydrogens (primary N) is 1. The molecule has 0 saturated carbocycles. The van der Waals surface area contributed by atoms with Crippen molar-refractivity contribution in [1.82, 2.24) is 15.2 Å². The highest BCUT2D eigenvalue weighted by molar-refractivity contribution is 4.97. The van der Waals surface area contributed by atoms with E-state index in [1.54, 1.807) is 6.20 Å². The second kappa shape index (κ2) is 5.65. The van der Waals surface area contributed by atoms with Gasteiger partial charge < -0.3 is 5.73 Å². The molecule has 1 rings (SSSR count). The molecule has 4 nitrogen and oxygen atoms in total. The first kappa shape index (κ1) is 11.0. The summed E-state index contributed by atoms with van der Waals surface area (Å²) in [6.07, 6.45) is 4.46. The minimum absolute atomic E-state index is 0.606. The van der Waals surface area contributed by atoms with Crippen LogP contribution in [0.15, 0.2) is 6.20 Å². The van der Waals surface area contributed by atoms with Gasteiger partial charge in [-0.1, -0.05) is 13.8 Å². The van der Waals surface area contributed by atoms with Crippen molar-refractivity contribution in [2.24, 2.45) is 11.7 Å². The molecule has 0 spiro atoms. The van der Waals surface area contributed by atoms with Gasteiger partial charge in [-0.05, 0) is 25.3 Å². The summed E-state index contributed by atoms with van der Waals surface area (Å²) in [6.45, 7) is 5.01. The standard InChI is InChI=1S/C10H18N4/c1-8(2)6-9-7-12-14-10(13-9)4-3-5-11/h7-8H,3-6,11H2,1-2H3. The van der Waals surface area contributed by atoms with Gasteiger partial charge in [-0.15, -0.1) is 5.10 Å². The Balaban J connectivity index is 2.59. The van der Waals surface area contributed by atoms with Gasteiger partial charge in [0.05, 0.1) is 11.9 Å². The number of hydrogen-bond donors (Lipinski definition) is 1. The van der Waals surface area contributed by atoms with E-state index in [9.17, 15) is 0 Å². The minimum atomic E-state index is 0.606. The molecule has 0 radical (unpaired) electrons. The normalized spacial score (nSPS) is 10.9. The van der Waals surface area contributed by atoms with Gasteiger partial charge in [0.1, 0.15) is 0 Å². The first-order valence-corrected chi connectivity index (χ1v) is 5.10. The predicted molar refractivity (Wildman–Crippen MR) is 55.7 cm³/mol. The quantitative estimate of drug-likeness (QED) is 0.758. The summed E-state index contributed by atoms with van der Waals surface area (Å²) >= 11 is 0. The molecule has 0 saturated heterocycles. The van der Waals surface area contributed by atoms with Crippen LogP contribution in [0.2, 0.25) is 0 Å². The van der Waals surface area contributed by atoms with Crippen LogP contribution < -0.4 is 5.73 Å². The number of hydrogen-bond acceptors (Lipinski definition) is 4. The average Bonchev–Trinajstić information content (AvgIpc) is 2.14. The molecular weight excluding hydrogens is 176 g/mol. The lowest BCUT2D eigenvalue weighted by Crippen LogP contribution is -2.07. The van der Waals surface area contributed by atoms with E-state index in [1.165, 1.54) is 0 Å². The summed E-state index contributed by atoms with van der Waals surface area (Å²) in [4.78, 5) is 4.42. The molecule has 1 heterocycles. The highest BCUT2D eigenvalue weighted by Crippen LogP contribution is 2.04. The molecule has 0 aromatic carbocycles. The molecule has 4 heteroatoms. The fourth-order valence-electron chi connectivity index (χ4n) is 1.26. The second-order valence-electron chi connectivity index (χ2n) is 3.85. The second-order valence-corrected chi connectivity index (χ2v) is 3.85. The van der Waals surface area contributed by atoms with Crippen molar-refractivity contribution in [1.29, 1.82) is 0 Å². The van der Waals surface area contributed by atoms with E-state index >= 15 is 0 Å². The molecule has 0 unspecified atom stereocenters. The van der Waals surface area contributed by atoms with Gasteiger partial charge in [0.25, 0.3) is 0 Å². The molecular formula is C10H18N4. The van der Waals surface area contributed by atoms with Crippen molar-refractivity contribution in [3.8, 4) is 0 Å². The number of aryl methyl sites for hydroxylation is 1. The van der Waals surface area contributed by atoms with Crippen molar-refractivity contribution in [3.05, 3.63) is 17.7 Å². The molecule has 0 aliphatic carbocycles. The Morgan fingerprint density at radius 1 is 1.43 bits per heavy atom. The summed E-state index contributed by atoms with van der Waals surface area (Å²) in [5.41, 5.74) is 6.45. The molecule has 78 valence electrons. The minimum Gasteiger partial charge on any atom is -0.330 e. The van der Waals surface area contributed by atoms with Crippen LogP contribution in [0.25, 0.3) is 0 Å². The van der Waals surface area contributed by atoms with Crippen molar-refractivity contribution >= 4 is 0 Å². The molecule has 0 aliphatic rings. The SMILES string of the molecule is CC(C)Cc1cnnc(CCCN)n1. The maximum Gasteiger partial charge on any atom is 0.151 e. The predicted octanol–water partition coefficient (Wildman–Crippen LogP) is 0.961. The summed E-state index contributed by atoms with van der Waals surface area (Å²) in [7, 11) is 0. The van der Waals surface area contributed by atoms with E-state index in [2.05, 4.69) is 29.0 Å². The Morgan fingerprint density at radius 3 is 2.86 bits per heavy atom. The van der Waals surface area contributed by atoms with Gasteiger partial charge >= 0.3 is 0 Å². The largest absolute Gasteiger partial charge is 0.330 e. The molecule has 0 aliphatic heterocycles. The summed E-state index contributed by atoms with van der Waals surface area (Å²) < 4.78 is 0. The van der Waals surface area contributed by atoms with E-state index < -0.39 is 0 Å². The zero-order valence-electron chi connectivity index (χ0n) is 8.90. The van der Waals surface area contributed by atoms with Crippen molar-refractivity contribution < 1.29 is 0 Å². The van der Waals surface area contributed by atoms with Gasteiger partial charge in [-0.25, -0.2) is 4.98 Å². The number of aromatic nitrogens is 3. The fourth-order valence-corrected chi connectivity index (χ4v) is 1.26. The zero-order valence-corrected chi connectivity index (χ0v) is 8.90. The lowest BCUT2D eigenvalue weighted by Gasteiger charge is -2.04. The molecule has 0 amide bonds. The lowest BCUT2D eigenvalue weighted by molar-refractivity contribution is 0.620. The zero-order chi connectivity index (χ0) is 10.4. The van der Waals surface area contributed by atoms with Crippen LogP contribution in [-0.4, -0.2) is 21.7 Å². The Bertz CT molecular complexity index is 273. The van der Waals surface area contributed by atoms with Gasteiger partial charge in [0.2, 0.25) is 0 Å². The third-order valence-electron chi connectivity index (χ3n) is 1.87. The first-order valence-electron chi connectivity index (χ1n) is 5.10. The average molecular weight is 194 g/mol. The van der Waals surface area contributed by atoms with Gasteiger partial charge in [-0.2, -0.15) is 5.10 Å². The summed E-state index contributed by atoms with van der Waals surface area (Å²) in [5.74, 6) is 1.42. The highest BCUT2D eigenvalue weighted by Gasteiger charge is 2.02. The number of rotatable bonds is 5. The molecule has 0 bridgehead atoms. The van der Waals surface area contributed by atoms with Crippen LogP contribution in [0.3, 0.4) is 0 Å². The van der Waals surface area contributed by atoms with Crippen molar-refractivity contribution in [2.45, 2.75) is 33.1 Å². The monoisotopic (exact) mass is 194 g/mol. The molecule has 1 aromatic heterocycles. The third-order valence-corrected chi connectivity index (χ3v) is 1.87. The van der Waals surface area contributed by atoms with Crippen molar-refractivity contribution in [3.63, 3.8) is 0 Å². The van der Waals surface area contributed by atoms with Gasteiger partial charge in [0, 0.05) is 6.42 Å². The van der Waals surface area contributed by atoms with E-state index in [0.717, 1.165) is 30.8 Å². The lowest BCUT2D eigenvalue weighted by atomic mass is 10.1. The van der Waals surface area contributed by atoms with Crippen LogP contribution in [0.1, 0.15) is 31.8 Å². The van der Waals surface area contributed by atoms with Crippen LogP contribution in [0.5, 0.6) is 0 Å². The highest BCUT2D eigenvalue weighted by atomic mass is 15.1. The van der Waals surface area contributed by atoms with Gasteiger partial charge in [0.15, 0.2) is 5.82 Å². The Kier molecular flexibility index (Phi) is 4.46. The summed E-state index contributed by atoms with van der Waals surface area (Å²) in [5, 5.41) is 7.90. The van der Waals surface area contributed by atoms with E-state index in [1.807, 2.05) is 0 Å². The molecule has 14 heavy (non-hydrogen) atoms. The maximum absolute atomic E-state index is 5.42. The van der Waals surface area contributed by atoms with E-state index in [0.29, 0.717) is 12.5 Å². The summed E-state index contributed by atoms with van der Waals surface area (Å²) in [6, 6.07) is 0. The smallest absolute Gasteiger partial charge is 0.151 e. The molecule has 0 fully saturated rings. The molecule has 0 atom stereocenters. The molecule has 2 N–H and O–H groups in total. The van der Waals surface area contributed by atoms with Crippen LogP contribution in [0, 0.1) is 5.92 Å². The first-order chi connectivity index (χ1) is 6.72. The topological polar surface area (TPSA) is 64.7 Å². The molecule has 1 aromatic rings. The third kappa shape index (κ3) is 3.79.